The van der Waals surface area contributed by atoms with E-state index in [1.54, 1.807) is 18.9 Å². The van der Waals surface area contributed by atoms with Gasteiger partial charge in [0.1, 0.15) is 0 Å². The standard InChI is InChI=1S/C8H13.C3H6.K/c1-2-4-8(5-3-1)6-7-8;1-3-2;/h1H,2-7H2;3H,1H2,2H3;/q-1;;+1. The van der Waals surface area contributed by atoms with E-state index in [1.807, 2.05) is 6.92 Å². The summed E-state index contributed by atoms with van der Waals surface area (Å²) in [4.78, 5) is 0. The summed E-state index contributed by atoms with van der Waals surface area (Å²) in [5.74, 6) is 0. The van der Waals surface area contributed by atoms with Crippen molar-refractivity contribution in [2.75, 3.05) is 0 Å². The van der Waals surface area contributed by atoms with Crippen molar-refractivity contribution in [1.82, 2.24) is 0 Å². The number of allylic oxidation sites excluding steroid dienone is 1. The molecule has 0 saturated heterocycles. The molecule has 0 unspecified atom stereocenters. The third-order valence-electron chi connectivity index (χ3n) is 2.71. The summed E-state index contributed by atoms with van der Waals surface area (Å²) in [6.45, 7) is 5.25. The average molecular weight is 190 g/mol. The molecule has 0 nitrogen and oxygen atoms in total. The topological polar surface area (TPSA) is 0 Å². The predicted molar refractivity (Wildman–Crippen MR) is 50.3 cm³/mol. The van der Waals surface area contributed by atoms with Gasteiger partial charge in [-0.3, -0.25) is 0 Å². The van der Waals surface area contributed by atoms with Crippen LogP contribution in [0.5, 0.6) is 0 Å². The fourth-order valence-electron chi connectivity index (χ4n) is 1.76. The first-order valence-corrected chi connectivity index (χ1v) is 4.72. The molecule has 0 atom stereocenters. The minimum Gasteiger partial charge on any atom is -0.328 e. The summed E-state index contributed by atoms with van der Waals surface area (Å²) >= 11 is 0. The molecule has 1 heteroatoms. The Morgan fingerprint density at radius 2 is 1.58 bits per heavy atom. The maximum atomic E-state index is 3.36. The largest absolute Gasteiger partial charge is 1.00 e. The van der Waals surface area contributed by atoms with E-state index in [0.29, 0.717) is 0 Å². The Bertz CT molecular complexity index is 117. The predicted octanol–water partition coefficient (Wildman–Crippen LogP) is 0.741. The number of hydrogen-bond acceptors (Lipinski definition) is 0. The first-order valence-electron chi connectivity index (χ1n) is 4.72. The average Bonchev–Trinajstić information content (AvgIpc) is 2.73. The van der Waals surface area contributed by atoms with Gasteiger partial charge in [0.2, 0.25) is 0 Å². The Labute approximate surface area is 120 Å². The summed E-state index contributed by atoms with van der Waals surface area (Å²) in [5, 5.41) is 0. The zero-order valence-electron chi connectivity index (χ0n) is 8.60. The molecule has 0 heterocycles. The van der Waals surface area contributed by atoms with E-state index in [9.17, 15) is 0 Å². The second-order valence-electron chi connectivity index (χ2n) is 3.77. The summed E-state index contributed by atoms with van der Waals surface area (Å²) in [7, 11) is 0. The quantitative estimate of drug-likeness (QED) is 0.300. The van der Waals surface area contributed by atoms with Crippen LogP contribution in [0.4, 0.5) is 0 Å². The molecule has 2 fully saturated rings. The zero-order chi connectivity index (χ0) is 8.16. The van der Waals surface area contributed by atoms with Crippen molar-refractivity contribution in [3.05, 3.63) is 19.1 Å². The van der Waals surface area contributed by atoms with Crippen molar-refractivity contribution in [2.24, 2.45) is 5.41 Å². The molecule has 2 aliphatic rings. The van der Waals surface area contributed by atoms with Crippen molar-refractivity contribution >= 4 is 0 Å². The first kappa shape index (κ1) is 13.4. The van der Waals surface area contributed by atoms with E-state index in [-0.39, 0.29) is 51.4 Å². The van der Waals surface area contributed by atoms with Crippen LogP contribution < -0.4 is 51.4 Å². The van der Waals surface area contributed by atoms with Gasteiger partial charge >= 0.3 is 51.4 Å². The van der Waals surface area contributed by atoms with Crippen LogP contribution in [0, 0.1) is 11.8 Å². The van der Waals surface area contributed by atoms with Crippen molar-refractivity contribution < 1.29 is 51.4 Å². The summed E-state index contributed by atoms with van der Waals surface area (Å²) in [6.07, 6.45) is 13.1. The molecule has 64 valence electrons. The van der Waals surface area contributed by atoms with Gasteiger partial charge in [-0.25, -0.2) is 0 Å². The molecule has 12 heavy (non-hydrogen) atoms. The van der Waals surface area contributed by atoms with E-state index >= 15 is 0 Å². The molecule has 0 aromatic carbocycles. The fourth-order valence-corrected chi connectivity index (χ4v) is 1.76. The molecular formula is C11H19K. The molecule has 0 radical (unpaired) electrons. The van der Waals surface area contributed by atoms with Gasteiger partial charge in [0.25, 0.3) is 0 Å². The molecule has 0 amide bonds. The van der Waals surface area contributed by atoms with Gasteiger partial charge in [-0.1, -0.05) is 18.9 Å². The van der Waals surface area contributed by atoms with Gasteiger partial charge < -0.3 is 6.42 Å². The minimum atomic E-state index is 0. The van der Waals surface area contributed by atoms with Crippen molar-refractivity contribution in [2.45, 2.75) is 45.4 Å². The number of hydrogen-bond donors (Lipinski definition) is 0. The molecule has 0 bridgehead atoms. The molecular weight excluding hydrogens is 171 g/mol. The normalized spacial score (nSPS) is 23.1. The van der Waals surface area contributed by atoms with Gasteiger partial charge in [0, 0.05) is 0 Å². The maximum absolute atomic E-state index is 3.36. The Morgan fingerprint density at radius 1 is 1.17 bits per heavy atom. The second kappa shape index (κ2) is 6.77. The fraction of sp³-hybridized carbons (Fsp3) is 0.727. The summed E-state index contributed by atoms with van der Waals surface area (Å²) < 4.78 is 0. The SMILES string of the molecule is C=CC.[CH-]1CCC2(CC1)CC2.[K+]. The molecule has 2 saturated carbocycles. The van der Waals surface area contributed by atoms with Gasteiger partial charge in [-0.2, -0.15) is 12.8 Å². The van der Waals surface area contributed by atoms with Crippen molar-refractivity contribution in [3.8, 4) is 0 Å². The molecule has 2 rings (SSSR count). The summed E-state index contributed by atoms with van der Waals surface area (Å²) in [6, 6.07) is 0. The van der Waals surface area contributed by atoms with Crippen molar-refractivity contribution in [3.63, 3.8) is 0 Å². The first-order chi connectivity index (χ1) is 5.33. The Morgan fingerprint density at radius 3 is 1.83 bits per heavy atom. The molecule has 0 aromatic heterocycles. The van der Waals surface area contributed by atoms with Crippen LogP contribution in [-0.4, -0.2) is 0 Å². The van der Waals surface area contributed by atoms with E-state index in [4.69, 9.17) is 0 Å². The van der Waals surface area contributed by atoms with Crippen LogP contribution in [0.15, 0.2) is 12.7 Å². The van der Waals surface area contributed by atoms with Gasteiger partial charge in [-0.05, 0) is 25.2 Å². The Hall–Kier alpha value is 1.38. The molecule has 1 spiro atoms. The van der Waals surface area contributed by atoms with E-state index in [1.165, 1.54) is 25.7 Å². The van der Waals surface area contributed by atoms with Crippen molar-refractivity contribution in [1.29, 1.82) is 0 Å². The van der Waals surface area contributed by atoms with Crippen LogP contribution in [0.25, 0.3) is 0 Å². The van der Waals surface area contributed by atoms with E-state index in [0.717, 1.165) is 5.41 Å². The molecule has 0 aromatic rings. The third-order valence-corrected chi connectivity index (χ3v) is 2.71. The van der Waals surface area contributed by atoms with E-state index in [2.05, 4.69) is 13.0 Å². The molecule has 2 aliphatic carbocycles. The van der Waals surface area contributed by atoms with Gasteiger partial charge in [-0.15, -0.1) is 6.58 Å². The number of rotatable bonds is 0. The van der Waals surface area contributed by atoms with Crippen LogP contribution in [0.3, 0.4) is 0 Å². The summed E-state index contributed by atoms with van der Waals surface area (Å²) in [5.41, 5.74) is 0.898. The third kappa shape index (κ3) is 4.57. The smallest absolute Gasteiger partial charge is 0.328 e. The minimum absolute atomic E-state index is 0. The van der Waals surface area contributed by atoms with Crippen LogP contribution in [0.2, 0.25) is 0 Å². The maximum Gasteiger partial charge on any atom is 1.00 e. The molecule has 0 aliphatic heterocycles. The molecule has 0 N–H and O–H groups in total. The van der Waals surface area contributed by atoms with Gasteiger partial charge in [0.15, 0.2) is 0 Å². The van der Waals surface area contributed by atoms with Gasteiger partial charge in [0.05, 0.1) is 0 Å². The second-order valence-corrected chi connectivity index (χ2v) is 3.77. The Balaban J connectivity index is 0.000000272. The monoisotopic (exact) mass is 190 g/mol. The van der Waals surface area contributed by atoms with Crippen LogP contribution in [0.1, 0.15) is 45.4 Å². The van der Waals surface area contributed by atoms with E-state index < -0.39 is 0 Å². The van der Waals surface area contributed by atoms with Crippen LogP contribution >= 0.6 is 0 Å². The van der Waals surface area contributed by atoms with Crippen LogP contribution in [-0.2, 0) is 0 Å². The zero-order valence-corrected chi connectivity index (χ0v) is 11.7. The Kier molecular flexibility index (Phi) is 7.55.